The van der Waals surface area contributed by atoms with Gasteiger partial charge in [-0.1, -0.05) is 5.92 Å². The second-order valence-electron chi connectivity index (χ2n) is 3.22. The Hall–Kier alpha value is -1.75. The summed E-state index contributed by atoms with van der Waals surface area (Å²) in [5, 5.41) is 0. The lowest BCUT2D eigenvalue weighted by atomic mass is 10.1. The molecule has 0 radical (unpaired) electrons. The number of rotatable bonds is 3. The molecule has 0 unspecified atom stereocenters. The van der Waals surface area contributed by atoms with E-state index in [0.29, 0.717) is 6.54 Å². The Labute approximate surface area is 84.5 Å². The molecule has 0 saturated heterocycles. The molecule has 2 nitrogen and oxygen atoms in total. The van der Waals surface area contributed by atoms with Crippen LogP contribution in [0, 0.1) is 19.3 Å². The van der Waals surface area contributed by atoms with Crippen LogP contribution in [-0.2, 0) is 0 Å². The van der Waals surface area contributed by atoms with Crippen molar-refractivity contribution in [1.29, 1.82) is 0 Å². The van der Waals surface area contributed by atoms with Crippen LogP contribution in [0.2, 0.25) is 0 Å². The van der Waals surface area contributed by atoms with E-state index in [-0.39, 0.29) is 0 Å². The number of benzene rings is 1. The molecule has 0 saturated carbocycles. The number of anilines is 1. The van der Waals surface area contributed by atoms with E-state index in [0.717, 1.165) is 23.1 Å². The van der Waals surface area contributed by atoms with Crippen molar-refractivity contribution in [3.63, 3.8) is 0 Å². The highest BCUT2D eigenvalue weighted by Crippen LogP contribution is 2.16. The third-order valence-corrected chi connectivity index (χ3v) is 2.15. The summed E-state index contributed by atoms with van der Waals surface area (Å²) in [6.07, 6.45) is 6.07. The molecule has 0 heterocycles. The van der Waals surface area contributed by atoms with Crippen molar-refractivity contribution in [1.82, 2.24) is 0 Å². The van der Waals surface area contributed by atoms with Crippen molar-refractivity contribution in [2.24, 2.45) is 0 Å². The van der Waals surface area contributed by atoms with E-state index in [4.69, 9.17) is 6.42 Å². The Morgan fingerprint density at radius 2 is 2.29 bits per heavy atom. The molecule has 0 aromatic heterocycles. The molecule has 0 aliphatic carbocycles. The first-order valence-corrected chi connectivity index (χ1v) is 4.39. The molecule has 0 aliphatic rings. The number of carbonyl (C=O) groups is 1. The summed E-state index contributed by atoms with van der Waals surface area (Å²) in [6.45, 7) is 2.48. The Morgan fingerprint density at radius 1 is 1.57 bits per heavy atom. The second-order valence-corrected chi connectivity index (χ2v) is 3.22. The summed E-state index contributed by atoms with van der Waals surface area (Å²) in [5.74, 6) is 2.57. The molecule has 0 bridgehead atoms. The molecular formula is C12H13NO. The van der Waals surface area contributed by atoms with Gasteiger partial charge in [0.05, 0.1) is 6.54 Å². The maximum absolute atomic E-state index is 10.6. The van der Waals surface area contributed by atoms with Crippen molar-refractivity contribution in [3.05, 3.63) is 29.3 Å². The first-order chi connectivity index (χ1) is 6.69. The maximum Gasteiger partial charge on any atom is 0.150 e. The fourth-order valence-corrected chi connectivity index (χ4v) is 1.26. The molecule has 1 rings (SSSR count). The zero-order valence-electron chi connectivity index (χ0n) is 8.45. The zero-order chi connectivity index (χ0) is 10.6. The second kappa shape index (κ2) is 4.48. The van der Waals surface area contributed by atoms with Gasteiger partial charge >= 0.3 is 0 Å². The first kappa shape index (κ1) is 10.3. The molecule has 0 amide bonds. The van der Waals surface area contributed by atoms with Gasteiger partial charge in [-0.05, 0) is 30.7 Å². The molecule has 0 atom stereocenters. The number of aryl methyl sites for hydroxylation is 1. The van der Waals surface area contributed by atoms with Crippen LogP contribution in [0.5, 0.6) is 0 Å². The van der Waals surface area contributed by atoms with Gasteiger partial charge in [0.15, 0.2) is 0 Å². The minimum atomic E-state index is 0.569. The average Bonchev–Trinajstić information content (AvgIpc) is 2.18. The fourth-order valence-electron chi connectivity index (χ4n) is 1.26. The lowest BCUT2D eigenvalue weighted by Gasteiger charge is -2.16. The van der Waals surface area contributed by atoms with E-state index in [2.05, 4.69) is 5.92 Å². The molecule has 0 aliphatic heterocycles. The topological polar surface area (TPSA) is 20.3 Å². The van der Waals surface area contributed by atoms with Gasteiger partial charge in [-0.25, -0.2) is 0 Å². The molecule has 0 N–H and O–H groups in total. The van der Waals surface area contributed by atoms with Gasteiger partial charge in [0.2, 0.25) is 0 Å². The molecule has 0 spiro atoms. The number of hydrogen-bond donors (Lipinski definition) is 0. The van der Waals surface area contributed by atoms with Crippen LogP contribution in [0.1, 0.15) is 15.9 Å². The molecule has 2 heteroatoms. The van der Waals surface area contributed by atoms with Crippen LogP contribution < -0.4 is 4.90 Å². The van der Waals surface area contributed by atoms with E-state index in [1.807, 2.05) is 37.1 Å². The molecule has 0 fully saturated rings. The van der Waals surface area contributed by atoms with Crippen LogP contribution in [0.4, 0.5) is 5.69 Å². The number of aldehydes is 1. The summed E-state index contributed by atoms with van der Waals surface area (Å²) in [5.41, 5.74) is 2.73. The van der Waals surface area contributed by atoms with E-state index in [1.165, 1.54) is 0 Å². The minimum Gasteiger partial charge on any atom is -0.363 e. The van der Waals surface area contributed by atoms with E-state index >= 15 is 0 Å². The van der Waals surface area contributed by atoms with E-state index in [9.17, 15) is 4.79 Å². The third kappa shape index (κ3) is 2.14. The van der Waals surface area contributed by atoms with Crippen molar-refractivity contribution >= 4 is 12.0 Å². The van der Waals surface area contributed by atoms with Crippen LogP contribution in [-0.4, -0.2) is 19.9 Å². The Bertz CT molecular complexity index is 376. The number of nitrogens with zero attached hydrogens (tertiary/aromatic N) is 1. The summed E-state index contributed by atoms with van der Waals surface area (Å²) in [4.78, 5) is 12.5. The first-order valence-electron chi connectivity index (χ1n) is 4.39. The Morgan fingerprint density at radius 3 is 2.79 bits per heavy atom. The highest BCUT2D eigenvalue weighted by atomic mass is 16.1. The van der Waals surface area contributed by atoms with Crippen LogP contribution in [0.25, 0.3) is 0 Å². The molecule has 72 valence electrons. The SMILES string of the molecule is C#CCN(C)c1ccc(C=O)c(C)c1. The van der Waals surface area contributed by atoms with Crippen LogP contribution in [0.15, 0.2) is 18.2 Å². The van der Waals surface area contributed by atoms with Crippen molar-refractivity contribution in [2.75, 3.05) is 18.5 Å². The minimum absolute atomic E-state index is 0.569. The molecule has 14 heavy (non-hydrogen) atoms. The maximum atomic E-state index is 10.6. The van der Waals surface area contributed by atoms with Crippen LogP contribution >= 0.6 is 0 Å². The number of terminal acetylenes is 1. The van der Waals surface area contributed by atoms with Crippen molar-refractivity contribution < 1.29 is 4.79 Å². The largest absolute Gasteiger partial charge is 0.363 e. The van der Waals surface area contributed by atoms with E-state index in [1.54, 1.807) is 0 Å². The molecular weight excluding hydrogens is 174 g/mol. The van der Waals surface area contributed by atoms with Crippen molar-refractivity contribution in [2.45, 2.75) is 6.92 Å². The summed E-state index contributed by atoms with van der Waals surface area (Å²) in [6, 6.07) is 5.67. The average molecular weight is 187 g/mol. The Balaban J connectivity index is 2.97. The predicted molar refractivity (Wildman–Crippen MR) is 58.7 cm³/mol. The number of carbonyl (C=O) groups excluding carboxylic acids is 1. The fraction of sp³-hybridized carbons (Fsp3) is 0.250. The summed E-state index contributed by atoms with van der Waals surface area (Å²) in [7, 11) is 1.93. The lowest BCUT2D eigenvalue weighted by molar-refractivity contribution is 0.112. The van der Waals surface area contributed by atoms with E-state index < -0.39 is 0 Å². The highest BCUT2D eigenvalue weighted by Gasteiger charge is 2.01. The van der Waals surface area contributed by atoms with Gasteiger partial charge < -0.3 is 4.90 Å². The predicted octanol–water partition coefficient (Wildman–Crippen LogP) is 1.88. The summed E-state index contributed by atoms with van der Waals surface area (Å²) < 4.78 is 0. The smallest absolute Gasteiger partial charge is 0.150 e. The van der Waals surface area contributed by atoms with Gasteiger partial charge in [-0.3, -0.25) is 4.79 Å². The third-order valence-electron chi connectivity index (χ3n) is 2.15. The van der Waals surface area contributed by atoms with Gasteiger partial charge in [0.1, 0.15) is 6.29 Å². The molecule has 1 aromatic rings. The zero-order valence-corrected chi connectivity index (χ0v) is 8.45. The molecule has 1 aromatic carbocycles. The van der Waals surface area contributed by atoms with Gasteiger partial charge in [0.25, 0.3) is 0 Å². The lowest BCUT2D eigenvalue weighted by Crippen LogP contribution is -2.17. The summed E-state index contributed by atoms with van der Waals surface area (Å²) >= 11 is 0. The number of hydrogen-bond acceptors (Lipinski definition) is 2. The van der Waals surface area contributed by atoms with Gasteiger partial charge in [0, 0.05) is 18.3 Å². The highest BCUT2D eigenvalue weighted by molar-refractivity contribution is 5.78. The van der Waals surface area contributed by atoms with Gasteiger partial charge in [-0.2, -0.15) is 0 Å². The Kier molecular flexibility index (Phi) is 3.30. The normalized spacial score (nSPS) is 9.21. The van der Waals surface area contributed by atoms with Crippen LogP contribution in [0.3, 0.4) is 0 Å². The quantitative estimate of drug-likeness (QED) is 0.532. The van der Waals surface area contributed by atoms with Gasteiger partial charge in [-0.15, -0.1) is 6.42 Å². The monoisotopic (exact) mass is 187 g/mol. The van der Waals surface area contributed by atoms with Crippen molar-refractivity contribution in [3.8, 4) is 12.3 Å². The standard InChI is InChI=1S/C12H13NO/c1-4-7-13(3)12-6-5-11(9-14)10(2)8-12/h1,5-6,8-9H,7H2,2-3H3.